The Morgan fingerprint density at radius 2 is 2.03 bits per heavy atom. The Morgan fingerprint density at radius 3 is 2.77 bits per heavy atom. The molecular weight excluding hydrogens is 408 g/mol. The van der Waals surface area contributed by atoms with Gasteiger partial charge in [-0.05, 0) is 54.6 Å². The average Bonchev–Trinajstić information content (AvgIpc) is 3.12. The topological polar surface area (TPSA) is 61.2 Å². The summed E-state index contributed by atoms with van der Waals surface area (Å²) in [4.78, 5) is 32.0. The summed E-state index contributed by atoms with van der Waals surface area (Å²) >= 11 is 1.64. The van der Waals surface area contributed by atoms with Crippen LogP contribution in [0, 0.1) is 11.3 Å². The lowest BCUT2D eigenvalue weighted by molar-refractivity contribution is -0.144. The fourth-order valence-electron chi connectivity index (χ4n) is 4.34. The predicted molar refractivity (Wildman–Crippen MR) is 125 cm³/mol. The van der Waals surface area contributed by atoms with Crippen LogP contribution < -0.4 is 5.56 Å². The quantitative estimate of drug-likeness (QED) is 0.410. The SMILES string of the molecule is CC(C)(C)C1CCc2c(sc3ncn(CC(=O)OCCCc4ccccc4)c(=O)c23)C1. The van der Waals surface area contributed by atoms with Crippen molar-refractivity contribution in [1.29, 1.82) is 0 Å². The molecule has 5 nitrogen and oxygen atoms in total. The third-order valence-electron chi connectivity index (χ3n) is 6.28. The Kier molecular flexibility index (Phi) is 6.28. The van der Waals surface area contributed by atoms with E-state index in [2.05, 4.69) is 37.9 Å². The minimum atomic E-state index is -0.395. The van der Waals surface area contributed by atoms with Gasteiger partial charge >= 0.3 is 5.97 Å². The Labute approximate surface area is 187 Å². The molecule has 0 bridgehead atoms. The number of benzene rings is 1. The van der Waals surface area contributed by atoms with Gasteiger partial charge in [0, 0.05) is 4.88 Å². The molecule has 0 fully saturated rings. The van der Waals surface area contributed by atoms with Gasteiger partial charge in [0.15, 0.2) is 0 Å². The van der Waals surface area contributed by atoms with Gasteiger partial charge in [-0.15, -0.1) is 11.3 Å². The van der Waals surface area contributed by atoms with Gasteiger partial charge in [-0.2, -0.15) is 0 Å². The number of carbonyl (C=O) groups is 1. The van der Waals surface area contributed by atoms with Gasteiger partial charge < -0.3 is 4.74 Å². The average molecular weight is 439 g/mol. The molecule has 31 heavy (non-hydrogen) atoms. The van der Waals surface area contributed by atoms with Crippen LogP contribution in [0.5, 0.6) is 0 Å². The molecule has 0 amide bonds. The van der Waals surface area contributed by atoms with Crippen molar-refractivity contribution in [2.45, 2.75) is 59.4 Å². The molecule has 0 saturated heterocycles. The molecule has 1 atom stereocenters. The number of rotatable bonds is 6. The zero-order valence-corrected chi connectivity index (χ0v) is 19.3. The summed E-state index contributed by atoms with van der Waals surface area (Å²) in [6.45, 7) is 7.11. The smallest absolute Gasteiger partial charge is 0.326 e. The van der Waals surface area contributed by atoms with E-state index in [1.807, 2.05) is 18.2 Å². The van der Waals surface area contributed by atoms with Gasteiger partial charge in [0.05, 0.1) is 18.3 Å². The highest BCUT2D eigenvalue weighted by Gasteiger charge is 2.31. The van der Waals surface area contributed by atoms with Crippen molar-refractivity contribution in [2.75, 3.05) is 6.61 Å². The van der Waals surface area contributed by atoms with E-state index in [1.165, 1.54) is 21.3 Å². The number of hydrogen-bond donors (Lipinski definition) is 0. The lowest BCUT2D eigenvalue weighted by atomic mass is 9.72. The second-order valence-electron chi connectivity index (χ2n) is 9.48. The number of nitrogens with zero attached hydrogens (tertiary/aromatic N) is 2. The first kappa shape index (κ1) is 21.8. The molecule has 0 aliphatic heterocycles. The summed E-state index contributed by atoms with van der Waals surface area (Å²) in [5, 5.41) is 0.701. The van der Waals surface area contributed by atoms with E-state index in [-0.39, 0.29) is 17.5 Å². The number of fused-ring (bicyclic) bond motifs is 3. The van der Waals surface area contributed by atoms with Crippen LogP contribution in [0.25, 0.3) is 10.2 Å². The maximum atomic E-state index is 13.1. The van der Waals surface area contributed by atoms with Crippen LogP contribution in [0.3, 0.4) is 0 Å². The van der Waals surface area contributed by atoms with Gasteiger partial charge in [0.2, 0.25) is 0 Å². The van der Waals surface area contributed by atoms with E-state index >= 15 is 0 Å². The summed E-state index contributed by atoms with van der Waals surface area (Å²) < 4.78 is 6.75. The number of aryl methyl sites for hydroxylation is 2. The summed E-state index contributed by atoms with van der Waals surface area (Å²) in [5.41, 5.74) is 2.49. The summed E-state index contributed by atoms with van der Waals surface area (Å²) in [7, 11) is 0. The Bertz CT molecular complexity index is 1130. The number of ether oxygens (including phenoxy) is 1. The fourth-order valence-corrected chi connectivity index (χ4v) is 5.60. The van der Waals surface area contributed by atoms with Crippen LogP contribution in [-0.2, 0) is 35.3 Å². The summed E-state index contributed by atoms with van der Waals surface area (Å²) in [6.07, 6.45) is 6.09. The first-order chi connectivity index (χ1) is 14.8. The lowest BCUT2D eigenvalue weighted by Crippen LogP contribution is -2.28. The highest BCUT2D eigenvalue weighted by atomic mass is 32.1. The standard InChI is InChI=1S/C25H30N2O3S/c1-25(2,3)18-11-12-19-20(14-18)31-23-22(19)24(29)27(16-26-23)15-21(28)30-13-7-10-17-8-5-4-6-9-17/h4-6,8-9,16,18H,7,10-15H2,1-3H3. The van der Waals surface area contributed by atoms with E-state index in [0.29, 0.717) is 17.9 Å². The fraction of sp³-hybridized carbons (Fsp3) is 0.480. The van der Waals surface area contributed by atoms with Crippen molar-refractivity contribution < 1.29 is 9.53 Å². The maximum Gasteiger partial charge on any atom is 0.326 e. The largest absolute Gasteiger partial charge is 0.464 e. The number of aromatic nitrogens is 2. The highest BCUT2D eigenvalue weighted by Crippen LogP contribution is 2.41. The molecule has 6 heteroatoms. The molecule has 0 saturated carbocycles. The first-order valence-electron chi connectivity index (χ1n) is 11.0. The molecule has 1 unspecified atom stereocenters. The molecule has 0 radical (unpaired) electrons. The van der Waals surface area contributed by atoms with E-state index < -0.39 is 5.97 Å². The number of thiophene rings is 1. The van der Waals surface area contributed by atoms with E-state index in [0.717, 1.165) is 42.5 Å². The monoisotopic (exact) mass is 438 g/mol. The van der Waals surface area contributed by atoms with Gasteiger partial charge in [-0.3, -0.25) is 14.2 Å². The molecule has 164 valence electrons. The van der Waals surface area contributed by atoms with Gasteiger partial charge in [0.25, 0.3) is 5.56 Å². The van der Waals surface area contributed by atoms with Crippen LogP contribution >= 0.6 is 11.3 Å². The van der Waals surface area contributed by atoms with Crippen LogP contribution in [0.15, 0.2) is 41.5 Å². The van der Waals surface area contributed by atoms with Crippen molar-refractivity contribution in [3.8, 4) is 0 Å². The van der Waals surface area contributed by atoms with Crippen molar-refractivity contribution in [3.63, 3.8) is 0 Å². The molecule has 2 heterocycles. The third kappa shape index (κ3) is 4.90. The number of esters is 1. The first-order valence-corrected chi connectivity index (χ1v) is 11.8. The maximum absolute atomic E-state index is 13.1. The predicted octanol–water partition coefficient (Wildman–Crippen LogP) is 4.79. The Hall–Kier alpha value is -2.47. The van der Waals surface area contributed by atoms with Gasteiger partial charge in [0.1, 0.15) is 11.4 Å². The normalized spacial score (nSPS) is 16.3. The molecule has 1 aliphatic carbocycles. The van der Waals surface area contributed by atoms with Crippen LogP contribution in [0.1, 0.15) is 49.6 Å². The molecule has 0 N–H and O–H groups in total. The molecule has 2 aromatic heterocycles. The molecule has 1 aromatic carbocycles. The van der Waals surface area contributed by atoms with Crippen molar-refractivity contribution in [1.82, 2.24) is 9.55 Å². The molecule has 4 rings (SSSR count). The second-order valence-corrected chi connectivity index (χ2v) is 10.6. The minimum absolute atomic E-state index is 0.0949. The Morgan fingerprint density at radius 1 is 1.26 bits per heavy atom. The van der Waals surface area contributed by atoms with Crippen molar-refractivity contribution in [3.05, 3.63) is 63.0 Å². The summed E-state index contributed by atoms with van der Waals surface area (Å²) in [6, 6.07) is 10.1. The zero-order chi connectivity index (χ0) is 22.0. The van der Waals surface area contributed by atoms with Gasteiger partial charge in [-0.1, -0.05) is 51.1 Å². The third-order valence-corrected chi connectivity index (χ3v) is 7.44. The lowest BCUT2D eigenvalue weighted by Gasteiger charge is -2.33. The highest BCUT2D eigenvalue weighted by molar-refractivity contribution is 7.18. The minimum Gasteiger partial charge on any atom is -0.464 e. The van der Waals surface area contributed by atoms with Gasteiger partial charge in [-0.25, -0.2) is 4.98 Å². The molecular formula is C25H30N2O3S. The molecule has 0 spiro atoms. The second kappa shape index (κ2) is 8.95. The number of carbonyl (C=O) groups excluding carboxylic acids is 1. The van der Waals surface area contributed by atoms with E-state index in [9.17, 15) is 9.59 Å². The summed E-state index contributed by atoms with van der Waals surface area (Å²) in [5.74, 6) is 0.217. The Balaban J connectivity index is 1.41. The van der Waals surface area contributed by atoms with E-state index in [1.54, 1.807) is 11.3 Å². The number of hydrogen-bond acceptors (Lipinski definition) is 5. The molecule has 3 aromatic rings. The van der Waals surface area contributed by atoms with Crippen LogP contribution in [-0.4, -0.2) is 22.1 Å². The van der Waals surface area contributed by atoms with Crippen LogP contribution in [0.4, 0.5) is 0 Å². The zero-order valence-electron chi connectivity index (χ0n) is 18.5. The van der Waals surface area contributed by atoms with Crippen LogP contribution in [0.2, 0.25) is 0 Å². The van der Waals surface area contributed by atoms with Crippen molar-refractivity contribution in [2.24, 2.45) is 11.3 Å². The van der Waals surface area contributed by atoms with E-state index in [4.69, 9.17) is 4.74 Å². The molecule has 1 aliphatic rings. The van der Waals surface area contributed by atoms with Crippen molar-refractivity contribution >= 4 is 27.5 Å².